The standard InChI is InChI=1S/C13H13N3O2/c14-10-8-15-18-12(10)13(17)16-7-3-5-9-4-1-2-6-11(9)16/h1-2,4,6,8H,3,5,7,14H2. The highest BCUT2D eigenvalue weighted by Crippen LogP contribution is 2.28. The van der Waals surface area contributed by atoms with Crippen molar-refractivity contribution in [2.24, 2.45) is 0 Å². The lowest BCUT2D eigenvalue weighted by molar-refractivity contribution is 0.0950. The van der Waals surface area contributed by atoms with Crippen LogP contribution in [0.5, 0.6) is 0 Å². The average molecular weight is 243 g/mol. The zero-order valence-electron chi connectivity index (χ0n) is 9.80. The van der Waals surface area contributed by atoms with Crippen LogP contribution in [0.4, 0.5) is 11.4 Å². The van der Waals surface area contributed by atoms with Crippen LogP contribution in [-0.4, -0.2) is 17.6 Å². The number of aryl methyl sites for hydroxylation is 1. The monoisotopic (exact) mass is 243 g/mol. The fraction of sp³-hybridized carbons (Fsp3) is 0.231. The third kappa shape index (κ3) is 1.64. The third-order valence-corrected chi connectivity index (χ3v) is 3.15. The number of para-hydroxylation sites is 1. The van der Waals surface area contributed by atoms with E-state index in [1.165, 1.54) is 11.8 Å². The summed E-state index contributed by atoms with van der Waals surface area (Å²) in [6, 6.07) is 7.89. The van der Waals surface area contributed by atoms with E-state index in [0.717, 1.165) is 18.5 Å². The molecular weight excluding hydrogens is 230 g/mol. The van der Waals surface area contributed by atoms with Gasteiger partial charge < -0.3 is 15.2 Å². The van der Waals surface area contributed by atoms with Crippen LogP contribution in [0.3, 0.4) is 0 Å². The van der Waals surface area contributed by atoms with E-state index in [9.17, 15) is 4.79 Å². The Morgan fingerprint density at radius 1 is 1.39 bits per heavy atom. The summed E-state index contributed by atoms with van der Waals surface area (Å²) in [6.07, 6.45) is 3.28. The molecule has 18 heavy (non-hydrogen) atoms. The summed E-state index contributed by atoms with van der Waals surface area (Å²) in [5.41, 5.74) is 8.06. The number of benzene rings is 1. The van der Waals surface area contributed by atoms with E-state index in [2.05, 4.69) is 5.16 Å². The van der Waals surface area contributed by atoms with Gasteiger partial charge in [0, 0.05) is 12.2 Å². The van der Waals surface area contributed by atoms with Crippen molar-refractivity contribution >= 4 is 17.3 Å². The van der Waals surface area contributed by atoms with Crippen molar-refractivity contribution in [1.29, 1.82) is 0 Å². The zero-order chi connectivity index (χ0) is 12.5. The van der Waals surface area contributed by atoms with Crippen LogP contribution >= 0.6 is 0 Å². The van der Waals surface area contributed by atoms with E-state index in [1.54, 1.807) is 4.90 Å². The van der Waals surface area contributed by atoms with Crippen LogP contribution in [0.15, 0.2) is 35.0 Å². The first kappa shape index (κ1) is 10.8. The van der Waals surface area contributed by atoms with Crippen molar-refractivity contribution in [3.8, 4) is 0 Å². The van der Waals surface area contributed by atoms with Gasteiger partial charge in [-0.05, 0) is 24.5 Å². The summed E-state index contributed by atoms with van der Waals surface area (Å²) < 4.78 is 4.93. The van der Waals surface area contributed by atoms with Gasteiger partial charge in [-0.1, -0.05) is 23.4 Å². The maximum absolute atomic E-state index is 12.4. The molecule has 1 amide bonds. The number of nitrogens with two attached hydrogens (primary N) is 1. The third-order valence-electron chi connectivity index (χ3n) is 3.15. The Bertz CT molecular complexity index is 591. The molecule has 1 aliphatic heterocycles. The van der Waals surface area contributed by atoms with Crippen LogP contribution in [0, 0.1) is 0 Å². The van der Waals surface area contributed by atoms with Crippen LogP contribution in [0.2, 0.25) is 0 Å². The van der Waals surface area contributed by atoms with Crippen molar-refractivity contribution in [1.82, 2.24) is 5.16 Å². The molecule has 1 aromatic heterocycles. The average Bonchev–Trinajstić information content (AvgIpc) is 2.83. The Hall–Kier alpha value is -2.30. The van der Waals surface area contributed by atoms with Gasteiger partial charge in [0.2, 0.25) is 5.76 Å². The highest BCUT2D eigenvalue weighted by atomic mass is 16.5. The van der Waals surface area contributed by atoms with Crippen molar-refractivity contribution in [3.05, 3.63) is 41.8 Å². The van der Waals surface area contributed by atoms with Crippen molar-refractivity contribution < 1.29 is 9.32 Å². The number of carbonyl (C=O) groups is 1. The number of nitrogens with zero attached hydrogens (tertiary/aromatic N) is 2. The molecule has 0 unspecified atom stereocenters. The molecule has 5 nitrogen and oxygen atoms in total. The first-order valence-electron chi connectivity index (χ1n) is 5.87. The Morgan fingerprint density at radius 3 is 3.00 bits per heavy atom. The molecule has 0 fully saturated rings. The van der Waals surface area contributed by atoms with Crippen molar-refractivity contribution in [2.75, 3.05) is 17.2 Å². The molecule has 92 valence electrons. The Labute approximate surface area is 104 Å². The van der Waals surface area contributed by atoms with Gasteiger partial charge in [0.1, 0.15) is 5.69 Å². The van der Waals surface area contributed by atoms with Crippen LogP contribution in [-0.2, 0) is 6.42 Å². The Kier molecular flexibility index (Phi) is 2.51. The summed E-state index contributed by atoms with van der Waals surface area (Å²) in [5.74, 6) is -0.108. The molecule has 0 radical (unpaired) electrons. The quantitative estimate of drug-likeness (QED) is 0.829. The minimum absolute atomic E-state index is 0.117. The highest BCUT2D eigenvalue weighted by molar-refractivity contribution is 6.07. The first-order valence-corrected chi connectivity index (χ1v) is 5.87. The number of hydrogen-bond acceptors (Lipinski definition) is 4. The number of rotatable bonds is 1. The van der Waals surface area contributed by atoms with E-state index < -0.39 is 0 Å². The normalized spacial score (nSPS) is 14.3. The lowest BCUT2D eigenvalue weighted by atomic mass is 10.0. The van der Waals surface area contributed by atoms with E-state index >= 15 is 0 Å². The molecule has 0 aliphatic carbocycles. The van der Waals surface area contributed by atoms with Crippen LogP contribution in [0.1, 0.15) is 22.5 Å². The maximum Gasteiger partial charge on any atom is 0.299 e. The fourth-order valence-corrected chi connectivity index (χ4v) is 2.28. The molecule has 5 heteroatoms. The van der Waals surface area contributed by atoms with Gasteiger partial charge in [-0.15, -0.1) is 0 Å². The van der Waals surface area contributed by atoms with Gasteiger partial charge in [0.25, 0.3) is 5.91 Å². The second kappa shape index (κ2) is 4.18. The van der Waals surface area contributed by atoms with Gasteiger partial charge in [0.15, 0.2) is 0 Å². The lowest BCUT2D eigenvalue weighted by Crippen LogP contribution is -2.35. The number of anilines is 2. The van der Waals surface area contributed by atoms with E-state index in [-0.39, 0.29) is 17.4 Å². The summed E-state index contributed by atoms with van der Waals surface area (Å²) in [4.78, 5) is 14.1. The predicted molar refractivity (Wildman–Crippen MR) is 67.4 cm³/mol. The maximum atomic E-state index is 12.4. The van der Waals surface area contributed by atoms with Gasteiger partial charge in [-0.3, -0.25) is 4.79 Å². The predicted octanol–water partition coefficient (Wildman–Crippen LogP) is 1.85. The molecule has 2 aromatic rings. The number of nitrogen functional groups attached to an aromatic ring is 1. The van der Waals surface area contributed by atoms with Crippen molar-refractivity contribution in [3.63, 3.8) is 0 Å². The summed E-state index contributed by atoms with van der Waals surface area (Å²) in [6.45, 7) is 0.677. The topological polar surface area (TPSA) is 72.4 Å². The molecule has 0 saturated carbocycles. The highest BCUT2D eigenvalue weighted by Gasteiger charge is 2.27. The first-order chi connectivity index (χ1) is 8.77. The van der Waals surface area contributed by atoms with Crippen LogP contribution in [0.25, 0.3) is 0 Å². The van der Waals surface area contributed by atoms with Gasteiger partial charge in [-0.2, -0.15) is 0 Å². The second-order valence-corrected chi connectivity index (χ2v) is 4.30. The second-order valence-electron chi connectivity index (χ2n) is 4.30. The molecular formula is C13H13N3O2. The molecule has 0 atom stereocenters. The fourth-order valence-electron chi connectivity index (χ4n) is 2.28. The molecule has 0 spiro atoms. The van der Waals surface area contributed by atoms with Gasteiger partial charge in [0.05, 0.1) is 6.20 Å². The molecule has 0 bridgehead atoms. The van der Waals surface area contributed by atoms with E-state index in [1.807, 2.05) is 24.3 Å². The smallest absolute Gasteiger partial charge is 0.299 e. The summed E-state index contributed by atoms with van der Waals surface area (Å²) >= 11 is 0. The molecule has 1 aliphatic rings. The molecule has 1 aromatic carbocycles. The minimum Gasteiger partial charge on any atom is -0.394 e. The lowest BCUT2D eigenvalue weighted by Gasteiger charge is -2.28. The molecule has 2 N–H and O–H groups in total. The van der Waals surface area contributed by atoms with E-state index in [0.29, 0.717) is 6.54 Å². The van der Waals surface area contributed by atoms with Crippen LogP contribution < -0.4 is 10.6 Å². The largest absolute Gasteiger partial charge is 0.394 e. The number of fused-ring (bicyclic) bond motifs is 1. The summed E-state index contributed by atoms with van der Waals surface area (Å²) in [5, 5.41) is 3.55. The Morgan fingerprint density at radius 2 is 2.22 bits per heavy atom. The number of aromatic nitrogens is 1. The number of carbonyl (C=O) groups excluding carboxylic acids is 1. The number of hydrogen-bond donors (Lipinski definition) is 1. The van der Waals surface area contributed by atoms with Gasteiger partial charge in [-0.25, -0.2) is 0 Å². The SMILES string of the molecule is Nc1cnoc1C(=O)N1CCCc2ccccc21. The van der Waals surface area contributed by atoms with Gasteiger partial charge >= 0.3 is 0 Å². The molecule has 3 rings (SSSR count). The minimum atomic E-state index is -0.225. The number of amides is 1. The molecule has 2 heterocycles. The zero-order valence-corrected chi connectivity index (χ0v) is 9.80. The summed E-state index contributed by atoms with van der Waals surface area (Å²) in [7, 11) is 0. The van der Waals surface area contributed by atoms with Crippen molar-refractivity contribution in [2.45, 2.75) is 12.8 Å². The Balaban J connectivity index is 2.00. The van der Waals surface area contributed by atoms with E-state index in [4.69, 9.17) is 10.3 Å². The molecule has 0 saturated heterocycles.